The minimum atomic E-state index is -5.14. The van der Waals surface area contributed by atoms with Crippen LogP contribution >= 0.6 is 0 Å². The van der Waals surface area contributed by atoms with Gasteiger partial charge in [-0.25, -0.2) is 22.8 Å². The fourth-order valence-corrected chi connectivity index (χ4v) is 4.70. The number of ether oxygens (including phenoxy) is 1. The number of nitrogens with zero attached hydrogens (tertiary/aromatic N) is 3. The normalized spacial score (nSPS) is 17.6. The van der Waals surface area contributed by atoms with Crippen molar-refractivity contribution in [3.05, 3.63) is 24.3 Å². The van der Waals surface area contributed by atoms with Crippen LogP contribution in [-0.4, -0.2) is 66.0 Å². The van der Waals surface area contributed by atoms with Crippen molar-refractivity contribution in [3.63, 3.8) is 0 Å². The molecule has 2 aromatic rings. The van der Waals surface area contributed by atoms with E-state index in [1.165, 1.54) is 24.0 Å². The molecule has 0 aliphatic carbocycles. The van der Waals surface area contributed by atoms with Crippen LogP contribution in [0.4, 0.5) is 23.4 Å². The predicted molar refractivity (Wildman–Crippen MR) is 113 cm³/mol. The molecule has 3 rings (SSSR count). The first kappa shape index (κ1) is 24.9. The number of carbonyl (C=O) groups is 1. The van der Waals surface area contributed by atoms with Crippen molar-refractivity contribution in [3.8, 4) is 5.88 Å². The van der Waals surface area contributed by atoms with Crippen LogP contribution in [0.25, 0.3) is 11.0 Å². The maximum Gasteiger partial charge on any atom is 0.428 e. The van der Waals surface area contributed by atoms with Gasteiger partial charge in [0.2, 0.25) is 27.9 Å². The fraction of sp³-hybridized carbons (Fsp3) is 0.550. The van der Waals surface area contributed by atoms with Gasteiger partial charge in [0.15, 0.2) is 5.67 Å². The van der Waals surface area contributed by atoms with E-state index >= 15 is 4.39 Å². The number of nitrogens with one attached hydrogen (secondary N) is 1. The summed E-state index contributed by atoms with van der Waals surface area (Å²) in [7, 11) is -3.96. The molecule has 0 bridgehead atoms. The van der Waals surface area contributed by atoms with E-state index in [1.807, 2.05) is 0 Å². The monoisotopic (exact) mass is 492 g/mol. The van der Waals surface area contributed by atoms with Gasteiger partial charge in [-0.3, -0.25) is 9.52 Å². The number of piperidine rings is 1. The number of para-hydroxylation sites is 2. The minimum Gasteiger partial charge on any atom is -0.459 e. The average molecular weight is 492 g/mol. The Balaban J connectivity index is 2.02. The highest BCUT2D eigenvalue weighted by Gasteiger charge is 2.58. The number of amides is 1. The van der Waals surface area contributed by atoms with Crippen molar-refractivity contribution in [2.75, 3.05) is 23.6 Å². The third-order valence-corrected chi connectivity index (χ3v) is 6.75. The van der Waals surface area contributed by atoms with Gasteiger partial charge in [-0.05, 0) is 18.6 Å². The molecule has 8 nitrogen and oxygen atoms in total. The van der Waals surface area contributed by atoms with Crippen molar-refractivity contribution < 1.29 is 35.5 Å². The third kappa shape index (κ3) is 5.81. The lowest BCUT2D eigenvalue weighted by atomic mass is 9.87. The first-order chi connectivity index (χ1) is 15.3. The van der Waals surface area contributed by atoms with Gasteiger partial charge >= 0.3 is 6.18 Å². The smallest absolute Gasteiger partial charge is 0.428 e. The zero-order chi connectivity index (χ0) is 24.4. The number of benzene rings is 1. The van der Waals surface area contributed by atoms with Gasteiger partial charge < -0.3 is 9.64 Å². The van der Waals surface area contributed by atoms with Crippen LogP contribution in [-0.2, 0) is 14.8 Å². The maximum atomic E-state index is 15.6. The van der Waals surface area contributed by atoms with Crippen molar-refractivity contribution in [1.82, 2.24) is 14.9 Å². The summed E-state index contributed by atoms with van der Waals surface area (Å²) in [6.07, 6.45) is -9.04. The molecule has 0 radical (unpaired) electrons. The average Bonchev–Trinajstić information content (AvgIpc) is 2.71. The molecule has 1 aromatic carbocycles. The molecule has 1 atom stereocenters. The number of hydrogen-bond donors (Lipinski definition) is 1. The summed E-state index contributed by atoms with van der Waals surface area (Å²) in [6, 6.07) is 6.12. The zero-order valence-electron chi connectivity index (χ0n) is 18.0. The minimum absolute atomic E-state index is 0.145. The van der Waals surface area contributed by atoms with E-state index in [9.17, 15) is 26.4 Å². The molecule has 1 aliphatic rings. The molecule has 1 aromatic heterocycles. The first-order valence-electron chi connectivity index (χ1n) is 10.3. The number of sulfonamides is 1. The summed E-state index contributed by atoms with van der Waals surface area (Å²) in [4.78, 5) is 20.8. The summed E-state index contributed by atoms with van der Waals surface area (Å²) in [5.41, 5.74) is -2.49. The van der Waals surface area contributed by atoms with Crippen LogP contribution in [0.1, 0.15) is 33.1 Å². The van der Waals surface area contributed by atoms with Crippen LogP contribution < -0.4 is 9.46 Å². The van der Waals surface area contributed by atoms with Crippen LogP contribution in [0.2, 0.25) is 0 Å². The number of anilines is 1. The fourth-order valence-electron chi connectivity index (χ4n) is 3.63. The molecule has 1 fully saturated rings. The van der Waals surface area contributed by atoms with Crippen molar-refractivity contribution in [1.29, 1.82) is 0 Å². The van der Waals surface area contributed by atoms with Gasteiger partial charge in [0, 0.05) is 32.9 Å². The lowest BCUT2D eigenvalue weighted by Crippen LogP contribution is -2.57. The molecule has 0 saturated carbocycles. The Morgan fingerprint density at radius 2 is 1.79 bits per heavy atom. The number of likely N-dealkylation sites (tertiary alicyclic amines) is 1. The summed E-state index contributed by atoms with van der Waals surface area (Å²) in [6.45, 7) is 2.45. The van der Waals surface area contributed by atoms with Gasteiger partial charge in [0.25, 0.3) is 5.88 Å². The van der Waals surface area contributed by atoms with E-state index in [0.29, 0.717) is 0 Å². The Labute approximate surface area is 188 Å². The predicted octanol–water partition coefficient (Wildman–Crippen LogP) is 3.44. The van der Waals surface area contributed by atoms with E-state index in [1.54, 1.807) is 19.1 Å². The number of carbonyl (C=O) groups excluding carboxylic acids is 1. The van der Waals surface area contributed by atoms with Gasteiger partial charge in [-0.1, -0.05) is 19.1 Å². The van der Waals surface area contributed by atoms with Gasteiger partial charge in [0.05, 0.1) is 16.8 Å². The summed E-state index contributed by atoms with van der Waals surface area (Å²) in [5, 5.41) is 0. The third-order valence-electron chi connectivity index (χ3n) is 5.30. The number of aromatic nitrogens is 2. The molecule has 13 heteroatoms. The Hall–Kier alpha value is -2.70. The molecule has 2 heterocycles. The van der Waals surface area contributed by atoms with E-state index in [4.69, 9.17) is 4.74 Å². The van der Waals surface area contributed by atoms with Crippen molar-refractivity contribution in [2.24, 2.45) is 0 Å². The van der Waals surface area contributed by atoms with Crippen molar-refractivity contribution in [2.45, 2.75) is 51.1 Å². The second-order valence-corrected chi connectivity index (χ2v) is 9.71. The van der Waals surface area contributed by atoms with Gasteiger partial charge in [-0.15, -0.1) is 0 Å². The Morgan fingerprint density at radius 3 is 2.30 bits per heavy atom. The zero-order valence-corrected chi connectivity index (χ0v) is 18.8. The van der Waals surface area contributed by atoms with Gasteiger partial charge in [0.1, 0.15) is 0 Å². The summed E-state index contributed by atoms with van der Waals surface area (Å²) >= 11 is 0. The molecule has 1 N–H and O–H groups in total. The number of halogens is 4. The Bertz CT molecular complexity index is 1120. The summed E-state index contributed by atoms with van der Waals surface area (Å²) in [5.74, 6) is -2.00. The topological polar surface area (TPSA) is 101 Å². The molecular formula is C20H24F4N4O4S. The quantitative estimate of drug-likeness (QED) is 0.595. The molecule has 182 valence electrons. The van der Waals surface area contributed by atoms with E-state index < -0.39 is 52.5 Å². The Morgan fingerprint density at radius 1 is 1.21 bits per heavy atom. The van der Waals surface area contributed by atoms with Crippen LogP contribution in [0.5, 0.6) is 5.88 Å². The highest BCUT2D eigenvalue weighted by molar-refractivity contribution is 7.92. The van der Waals surface area contributed by atoms with Crippen LogP contribution in [0.3, 0.4) is 0 Å². The second-order valence-electron chi connectivity index (χ2n) is 7.87. The SMILES string of the molecule is CCCS(=O)(=O)Nc1nc2ccccc2nc1OC(C(F)(F)F)C1(F)CCN(C(C)=O)CC1. The van der Waals surface area contributed by atoms with E-state index in [2.05, 4.69) is 14.7 Å². The number of rotatable bonds is 7. The molecular weight excluding hydrogens is 468 g/mol. The summed E-state index contributed by atoms with van der Waals surface area (Å²) < 4.78 is 89.2. The molecule has 1 aliphatic heterocycles. The van der Waals surface area contributed by atoms with E-state index in [-0.39, 0.29) is 42.2 Å². The van der Waals surface area contributed by atoms with Crippen molar-refractivity contribution >= 4 is 32.8 Å². The molecule has 1 unspecified atom stereocenters. The molecule has 0 spiro atoms. The van der Waals surface area contributed by atoms with Gasteiger partial charge in [-0.2, -0.15) is 13.2 Å². The lowest BCUT2D eigenvalue weighted by molar-refractivity contribution is -0.238. The standard InChI is InChI=1S/C20H24F4N4O4S/c1-3-12-33(30,31)27-16-17(26-15-7-5-4-6-14(15)25-16)32-18(20(22,23)24)19(21)8-10-28(11-9-19)13(2)29/h4-7,18H,3,8-12H2,1-2H3,(H,25,27). The molecule has 33 heavy (non-hydrogen) atoms. The molecule has 1 saturated heterocycles. The Kier molecular flexibility index (Phi) is 7.01. The maximum absolute atomic E-state index is 15.6. The highest BCUT2D eigenvalue weighted by atomic mass is 32.2. The van der Waals surface area contributed by atoms with Crippen LogP contribution in [0.15, 0.2) is 24.3 Å². The highest BCUT2D eigenvalue weighted by Crippen LogP contribution is 2.41. The van der Waals surface area contributed by atoms with Crippen LogP contribution in [0, 0.1) is 0 Å². The second kappa shape index (κ2) is 9.27. The number of alkyl halides is 4. The number of fused-ring (bicyclic) bond motifs is 1. The first-order valence-corrected chi connectivity index (χ1v) is 11.9. The largest absolute Gasteiger partial charge is 0.459 e. The lowest BCUT2D eigenvalue weighted by Gasteiger charge is -2.40. The van der Waals surface area contributed by atoms with E-state index in [0.717, 1.165) is 0 Å². The number of hydrogen-bond acceptors (Lipinski definition) is 6. The molecule has 1 amide bonds.